The van der Waals surface area contributed by atoms with Gasteiger partial charge in [0.05, 0.1) is 17.8 Å². The Morgan fingerprint density at radius 1 is 1.25 bits per heavy atom. The van der Waals surface area contributed by atoms with Gasteiger partial charge in [0.1, 0.15) is 18.1 Å². The molecular formula is C15H15Cl2NO2. The van der Waals surface area contributed by atoms with Crippen molar-refractivity contribution < 1.29 is 9.15 Å². The van der Waals surface area contributed by atoms with Crippen LogP contribution < -0.4 is 10.1 Å². The van der Waals surface area contributed by atoms with Gasteiger partial charge < -0.3 is 14.5 Å². The Hall–Kier alpha value is -1.16. The van der Waals surface area contributed by atoms with E-state index >= 15 is 0 Å². The zero-order valence-electron chi connectivity index (χ0n) is 10.9. The van der Waals surface area contributed by atoms with E-state index in [1.54, 1.807) is 24.5 Å². The van der Waals surface area contributed by atoms with Crippen molar-refractivity contribution in [3.8, 4) is 5.75 Å². The Morgan fingerprint density at radius 2 is 2.10 bits per heavy atom. The third-order valence-electron chi connectivity index (χ3n) is 3.24. The molecule has 0 amide bonds. The number of ether oxygens (including phenoxy) is 1. The molecule has 1 heterocycles. The zero-order valence-corrected chi connectivity index (χ0v) is 12.4. The minimum absolute atomic E-state index is 0.415. The van der Waals surface area contributed by atoms with Gasteiger partial charge in [-0.05, 0) is 31.0 Å². The second-order valence-corrected chi connectivity index (χ2v) is 5.73. The Labute approximate surface area is 127 Å². The molecule has 1 fully saturated rings. The summed E-state index contributed by atoms with van der Waals surface area (Å²) in [5, 5.41) is 4.58. The summed E-state index contributed by atoms with van der Waals surface area (Å²) in [5.74, 6) is 1.50. The molecule has 0 bridgehead atoms. The fourth-order valence-electron chi connectivity index (χ4n) is 1.92. The summed E-state index contributed by atoms with van der Waals surface area (Å²) >= 11 is 12.0. The molecule has 1 saturated carbocycles. The summed E-state index contributed by atoms with van der Waals surface area (Å²) in [4.78, 5) is 0. The van der Waals surface area contributed by atoms with Gasteiger partial charge in [0, 0.05) is 22.7 Å². The summed E-state index contributed by atoms with van der Waals surface area (Å²) in [6, 6.07) is 7.74. The van der Waals surface area contributed by atoms with E-state index in [9.17, 15) is 0 Å². The first-order valence-corrected chi connectivity index (χ1v) is 7.34. The predicted octanol–water partition coefficient (Wildman–Crippen LogP) is 4.42. The molecule has 1 aliphatic carbocycles. The normalized spacial score (nSPS) is 14.5. The molecule has 2 aromatic rings. The summed E-state index contributed by atoms with van der Waals surface area (Å²) in [7, 11) is 0. The molecule has 0 spiro atoms. The van der Waals surface area contributed by atoms with Crippen molar-refractivity contribution in [2.75, 3.05) is 0 Å². The van der Waals surface area contributed by atoms with Gasteiger partial charge in [0.2, 0.25) is 0 Å². The van der Waals surface area contributed by atoms with E-state index in [-0.39, 0.29) is 0 Å². The standard InChI is InChI=1S/C15H15Cl2NO2/c16-11-1-4-13(17)14(7-11)20-9-10-5-6-19-15(10)8-18-12-2-3-12/h1,4-7,12,18H,2-3,8-9H2. The Bertz CT molecular complexity index is 593. The number of hydrogen-bond donors (Lipinski definition) is 1. The molecule has 0 saturated heterocycles. The fourth-order valence-corrected chi connectivity index (χ4v) is 2.25. The van der Waals surface area contributed by atoms with Crippen LogP contribution in [0.3, 0.4) is 0 Å². The van der Waals surface area contributed by atoms with Gasteiger partial charge in [-0.1, -0.05) is 23.2 Å². The van der Waals surface area contributed by atoms with Crippen LogP contribution in [0.25, 0.3) is 0 Å². The predicted molar refractivity (Wildman–Crippen MR) is 79.4 cm³/mol. The monoisotopic (exact) mass is 311 g/mol. The second kappa shape index (κ2) is 6.08. The smallest absolute Gasteiger partial charge is 0.139 e. The molecule has 3 nitrogen and oxygen atoms in total. The van der Waals surface area contributed by atoms with Crippen LogP contribution in [0.4, 0.5) is 0 Å². The molecule has 1 aliphatic rings. The van der Waals surface area contributed by atoms with Gasteiger partial charge in [-0.25, -0.2) is 0 Å². The lowest BCUT2D eigenvalue weighted by atomic mass is 10.2. The first kappa shape index (κ1) is 13.8. The third kappa shape index (κ3) is 3.48. The van der Waals surface area contributed by atoms with Crippen molar-refractivity contribution in [3.63, 3.8) is 0 Å². The van der Waals surface area contributed by atoms with Gasteiger partial charge >= 0.3 is 0 Å². The lowest BCUT2D eigenvalue weighted by molar-refractivity contribution is 0.301. The Morgan fingerprint density at radius 3 is 2.90 bits per heavy atom. The van der Waals surface area contributed by atoms with E-state index in [2.05, 4.69) is 5.32 Å². The highest BCUT2D eigenvalue weighted by Gasteiger charge is 2.21. The van der Waals surface area contributed by atoms with Crippen LogP contribution in [-0.2, 0) is 13.2 Å². The molecule has 0 unspecified atom stereocenters. The Kier molecular flexibility index (Phi) is 4.20. The summed E-state index contributed by atoms with van der Waals surface area (Å²) in [5.41, 5.74) is 1.02. The van der Waals surface area contributed by atoms with Gasteiger partial charge in [0.15, 0.2) is 0 Å². The first-order chi connectivity index (χ1) is 9.72. The van der Waals surface area contributed by atoms with Crippen molar-refractivity contribution in [2.45, 2.75) is 32.0 Å². The second-order valence-electron chi connectivity index (χ2n) is 4.89. The summed E-state index contributed by atoms with van der Waals surface area (Å²) < 4.78 is 11.2. The lowest BCUT2D eigenvalue weighted by Gasteiger charge is -2.09. The van der Waals surface area contributed by atoms with E-state index in [0.29, 0.717) is 28.4 Å². The maximum atomic E-state index is 6.07. The van der Waals surface area contributed by atoms with Crippen molar-refractivity contribution in [3.05, 3.63) is 51.9 Å². The quantitative estimate of drug-likeness (QED) is 0.857. The number of hydrogen-bond acceptors (Lipinski definition) is 3. The number of rotatable bonds is 6. The van der Waals surface area contributed by atoms with Crippen molar-refractivity contribution in [1.29, 1.82) is 0 Å². The molecule has 3 rings (SSSR count). The molecule has 1 aromatic heterocycles. The van der Waals surface area contributed by atoms with Crippen LogP contribution in [-0.4, -0.2) is 6.04 Å². The fraction of sp³-hybridized carbons (Fsp3) is 0.333. The average molecular weight is 312 g/mol. The first-order valence-electron chi connectivity index (χ1n) is 6.59. The molecule has 106 valence electrons. The van der Waals surface area contributed by atoms with E-state index < -0.39 is 0 Å². The summed E-state index contributed by atoms with van der Waals surface area (Å²) in [6.07, 6.45) is 4.19. The molecule has 0 aliphatic heterocycles. The molecule has 20 heavy (non-hydrogen) atoms. The highest BCUT2D eigenvalue weighted by Crippen LogP contribution is 2.29. The van der Waals surface area contributed by atoms with Crippen LogP contribution in [0.1, 0.15) is 24.2 Å². The van der Waals surface area contributed by atoms with E-state index in [0.717, 1.165) is 17.9 Å². The lowest BCUT2D eigenvalue weighted by Crippen LogP contribution is -2.16. The maximum absolute atomic E-state index is 6.07. The molecule has 5 heteroatoms. The highest BCUT2D eigenvalue weighted by atomic mass is 35.5. The topological polar surface area (TPSA) is 34.4 Å². The zero-order chi connectivity index (χ0) is 13.9. The number of halogens is 2. The third-order valence-corrected chi connectivity index (χ3v) is 3.79. The van der Waals surface area contributed by atoms with Crippen LogP contribution in [0.5, 0.6) is 5.75 Å². The van der Waals surface area contributed by atoms with Crippen LogP contribution in [0, 0.1) is 0 Å². The van der Waals surface area contributed by atoms with E-state index in [1.807, 2.05) is 6.07 Å². The maximum Gasteiger partial charge on any atom is 0.139 e. The number of benzene rings is 1. The van der Waals surface area contributed by atoms with Gasteiger partial charge in [-0.3, -0.25) is 0 Å². The molecule has 0 radical (unpaired) electrons. The number of nitrogens with one attached hydrogen (secondary N) is 1. The molecule has 1 N–H and O–H groups in total. The largest absolute Gasteiger partial charge is 0.487 e. The van der Waals surface area contributed by atoms with Crippen LogP contribution >= 0.6 is 23.2 Å². The van der Waals surface area contributed by atoms with Gasteiger partial charge in [-0.2, -0.15) is 0 Å². The minimum atomic E-state index is 0.415. The van der Waals surface area contributed by atoms with Crippen molar-refractivity contribution in [1.82, 2.24) is 5.32 Å². The summed E-state index contributed by atoms with van der Waals surface area (Å²) in [6.45, 7) is 1.15. The molecule has 0 atom stereocenters. The minimum Gasteiger partial charge on any atom is -0.487 e. The highest BCUT2D eigenvalue weighted by molar-refractivity contribution is 6.34. The van der Waals surface area contributed by atoms with Crippen molar-refractivity contribution >= 4 is 23.2 Å². The van der Waals surface area contributed by atoms with Gasteiger partial charge in [-0.15, -0.1) is 0 Å². The molecular weight excluding hydrogens is 297 g/mol. The van der Waals surface area contributed by atoms with Crippen molar-refractivity contribution in [2.24, 2.45) is 0 Å². The average Bonchev–Trinajstić information content (AvgIpc) is 3.16. The van der Waals surface area contributed by atoms with E-state index in [4.69, 9.17) is 32.4 Å². The number of furan rings is 1. The Balaban J connectivity index is 1.62. The molecule has 1 aromatic carbocycles. The van der Waals surface area contributed by atoms with Gasteiger partial charge in [0.25, 0.3) is 0 Å². The van der Waals surface area contributed by atoms with E-state index in [1.165, 1.54) is 12.8 Å². The SMILES string of the molecule is Clc1ccc(Cl)c(OCc2ccoc2CNC2CC2)c1. The van der Waals surface area contributed by atoms with Crippen LogP contribution in [0.15, 0.2) is 34.9 Å². The van der Waals surface area contributed by atoms with Crippen LogP contribution in [0.2, 0.25) is 10.0 Å².